The highest BCUT2D eigenvalue weighted by atomic mass is 16.1. The van der Waals surface area contributed by atoms with Crippen LogP contribution >= 0.6 is 0 Å². The zero-order valence-corrected chi connectivity index (χ0v) is 8.55. The molecule has 0 bridgehead atoms. The number of aldehydes is 1. The molecule has 1 N–H and O–H groups in total. The SMILES string of the molecule is CC(=O)Nc1cc(C=O)c(C)cc1C. The molecule has 0 aliphatic heterocycles. The lowest BCUT2D eigenvalue weighted by Crippen LogP contribution is -2.08. The fourth-order valence-corrected chi connectivity index (χ4v) is 1.32. The molecule has 1 rings (SSSR count). The van der Waals surface area contributed by atoms with Crippen LogP contribution in [0.1, 0.15) is 28.4 Å². The minimum Gasteiger partial charge on any atom is -0.326 e. The fraction of sp³-hybridized carbons (Fsp3) is 0.273. The number of hydrogen-bond donors (Lipinski definition) is 1. The largest absolute Gasteiger partial charge is 0.326 e. The van der Waals surface area contributed by atoms with Crippen LogP contribution in [-0.2, 0) is 4.79 Å². The molecule has 74 valence electrons. The molecule has 0 aliphatic carbocycles. The van der Waals surface area contributed by atoms with Gasteiger partial charge in [-0.2, -0.15) is 0 Å². The monoisotopic (exact) mass is 191 g/mol. The molecule has 0 fully saturated rings. The molecule has 0 spiro atoms. The van der Waals surface area contributed by atoms with Crippen molar-refractivity contribution >= 4 is 17.9 Å². The quantitative estimate of drug-likeness (QED) is 0.727. The molecule has 0 atom stereocenters. The van der Waals surface area contributed by atoms with E-state index in [0.29, 0.717) is 11.3 Å². The third kappa shape index (κ3) is 2.19. The van der Waals surface area contributed by atoms with Crippen LogP contribution in [0.5, 0.6) is 0 Å². The van der Waals surface area contributed by atoms with Crippen molar-refractivity contribution in [3.8, 4) is 0 Å². The first-order valence-electron chi connectivity index (χ1n) is 4.38. The van der Waals surface area contributed by atoms with Crippen LogP contribution < -0.4 is 5.32 Å². The van der Waals surface area contributed by atoms with Crippen molar-refractivity contribution in [1.82, 2.24) is 0 Å². The summed E-state index contributed by atoms with van der Waals surface area (Å²) in [5.41, 5.74) is 3.19. The first-order chi connectivity index (χ1) is 6.54. The number of carbonyl (C=O) groups is 2. The van der Waals surface area contributed by atoms with Gasteiger partial charge in [0.05, 0.1) is 0 Å². The summed E-state index contributed by atoms with van der Waals surface area (Å²) in [6.07, 6.45) is 0.792. The van der Waals surface area contributed by atoms with Gasteiger partial charge in [-0.15, -0.1) is 0 Å². The van der Waals surface area contributed by atoms with Gasteiger partial charge in [-0.25, -0.2) is 0 Å². The van der Waals surface area contributed by atoms with Gasteiger partial charge in [0.2, 0.25) is 5.91 Å². The molecule has 1 aromatic rings. The van der Waals surface area contributed by atoms with Crippen molar-refractivity contribution < 1.29 is 9.59 Å². The first-order valence-corrected chi connectivity index (χ1v) is 4.38. The summed E-state index contributed by atoms with van der Waals surface area (Å²) in [5, 5.41) is 2.68. The molecule has 3 heteroatoms. The molecule has 0 radical (unpaired) electrons. The predicted octanol–water partition coefficient (Wildman–Crippen LogP) is 2.07. The maximum absolute atomic E-state index is 10.9. The number of benzene rings is 1. The Balaban J connectivity index is 3.16. The highest BCUT2D eigenvalue weighted by molar-refractivity contribution is 5.91. The molecule has 0 heterocycles. The minimum atomic E-state index is -0.131. The Bertz CT molecular complexity index is 383. The highest BCUT2D eigenvalue weighted by Crippen LogP contribution is 2.19. The van der Waals surface area contributed by atoms with Crippen molar-refractivity contribution in [3.05, 3.63) is 28.8 Å². The minimum absolute atomic E-state index is 0.131. The van der Waals surface area contributed by atoms with E-state index in [1.54, 1.807) is 6.07 Å². The average molecular weight is 191 g/mol. The van der Waals surface area contributed by atoms with Crippen LogP contribution in [-0.4, -0.2) is 12.2 Å². The van der Waals surface area contributed by atoms with Crippen molar-refractivity contribution in [2.45, 2.75) is 20.8 Å². The molecule has 0 aliphatic rings. The summed E-state index contributed by atoms with van der Waals surface area (Å²) in [7, 11) is 0. The molecule has 0 unspecified atom stereocenters. The molecule has 1 amide bonds. The molecule has 0 aromatic heterocycles. The Morgan fingerprint density at radius 3 is 2.43 bits per heavy atom. The van der Waals surface area contributed by atoms with E-state index >= 15 is 0 Å². The number of amides is 1. The van der Waals surface area contributed by atoms with Crippen molar-refractivity contribution in [2.75, 3.05) is 5.32 Å². The van der Waals surface area contributed by atoms with Crippen LogP contribution in [0.4, 0.5) is 5.69 Å². The molecule has 3 nitrogen and oxygen atoms in total. The number of hydrogen-bond acceptors (Lipinski definition) is 2. The molecular weight excluding hydrogens is 178 g/mol. The smallest absolute Gasteiger partial charge is 0.221 e. The van der Waals surface area contributed by atoms with Gasteiger partial charge in [-0.1, -0.05) is 6.07 Å². The first kappa shape index (κ1) is 10.4. The molecule has 1 aromatic carbocycles. The second-order valence-corrected chi connectivity index (χ2v) is 3.32. The predicted molar refractivity (Wildman–Crippen MR) is 55.6 cm³/mol. The van der Waals surface area contributed by atoms with Crippen LogP contribution in [0.2, 0.25) is 0 Å². The maximum Gasteiger partial charge on any atom is 0.221 e. The maximum atomic E-state index is 10.9. The lowest BCUT2D eigenvalue weighted by molar-refractivity contribution is -0.114. The fourth-order valence-electron chi connectivity index (χ4n) is 1.32. The van der Waals surface area contributed by atoms with Gasteiger partial charge in [0.25, 0.3) is 0 Å². The van der Waals surface area contributed by atoms with Gasteiger partial charge in [0.15, 0.2) is 0 Å². The van der Waals surface area contributed by atoms with Crippen LogP contribution in [0, 0.1) is 13.8 Å². The molecular formula is C11H13NO2. The van der Waals surface area contributed by atoms with Crippen LogP contribution in [0.15, 0.2) is 12.1 Å². The Hall–Kier alpha value is -1.64. The lowest BCUT2D eigenvalue weighted by Gasteiger charge is -2.08. The number of anilines is 1. The summed E-state index contributed by atoms with van der Waals surface area (Å²) in [6.45, 7) is 5.21. The van der Waals surface area contributed by atoms with E-state index in [2.05, 4.69) is 5.32 Å². The second-order valence-electron chi connectivity index (χ2n) is 3.32. The number of carbonyl (C=O) groups excluding carboxylic acids is 2. The van der Waals surface area contributed by atoms with Crippen LogP contribution in [0.3, 0.4) is 0 Å². The van der Waals surface area contributed by atoms with E-state index in [1.165, 1.54) is 6.92 Å². The topological polar surface area (TPSA) is 46.2 Å². The average Bonchev–Trinajstić information content (AvgIpc) is 2.09. The van der Waals surface area contributed by atoms with E-state index in [4.69, 9.17) is 0 Å². The number of rotatable bonds is 2. The summed E-state index contributed by atoms with van der Waals surface area (Å²) in [4.78, 5) is 21.5. The normalized spacial score (nSPS) is 9.64. The van der Waals surface area contributed by atoms with E-state index in [0.717, 1.165) is 17.4 Å². The Labute approximate surface area is 83.1 Å². The van der Waals surface area contributed by atoms with Gasteiger partial charge in [-0.05, 0) is 31.0 Å². The van der Waals surface area contributed by atoms with E-state index < -0.39 is 0 Å². The van der Waals surface area contributed by atoms with Crippen molar-refractivity contribution in [1.29, 1.82) is 0 Å². The number of aryl methyl sites for hydroxylation is 2. The summed E-state index contributed by atoms with van der Waals surface area (Å²) < 4.78 is 0. The highest BCUT2D eigenvalue weighted by Gasteiger charge is 2.04. The van der Waals surface area contributed by atoms with Crippen molar-refractivity contribution in [2.24, 2.45) is 0 Å². The summed E-state index contributed by atoms with van der Waals surface area (Å²) >= 11 is 0. The van der Waals surface area contributed by atoms with Gasteiger partial charge in [0, 0.05) is 18.2 Å². The lowest BCUT2D eigenvalue weighted by atomic mass is 10.0. The Morgan fingerprint density at radius 1 is 1.29 bits per heavy atom. The summed E-state index contributed by atoms with van der Waals surface area (Å²) in [5.74, 6) is -0.131. The molecule has 14 heavy (non-hydrogen) atoms. The van der Waals surface area contributed by atoms with Crippen molar-refractivity contribution in [3.63, 3.8) is 0 Å². The zero-order chi connectivity index (χ0) is 10.7. The van der Waals surface area contributed by atoms with Gasteiger partial charge in [0.1, 0.15) is 6.29 Å². The Kier molecular flexibility index (Phi) is 3.02. The van der Waals surface area contributed by atoms with E-state index in [9.17, 15) is 9.59 Å². The number of nitrogens with one attached hydrogen (secondary N) is 1. The second kappa shape index (κ2) is 4.05. The van der Waals surface area contributed by atoms with Crippen LogP contribution in [0.25, 0.3) is 0 Å². The van der Waals surface area contributed by atoms with E-state index in [-0.39, 0.29) is 5.91 Å². The van der Waals surface area contributed by atoms with Gasteiger partial charge in [-0.3, -0.25) is 9.59 Å². The van der Waals surface area contributed by atoms with Gasteiger partial charge >= 0.3 is 0 Å². The zero-order valence-electron chi connectivity index (χ0n) is 8.55. The third-order valence-corrected chi connectivity index (χ3v) is 2.05. The summed E-state index contributed by atoms with van der Waals surface area (Å²) in [6, 6.07) is 3.58. The van der Waals surface area contributed by atoms with Gasteiger partial charge < -0.3 is 5.32 Å². The Morgan fingerprint density at radius 2 is 1.93 bits per heavy atom. The third-order valence-electron chi connectivity index (χ3n) is 2.05. The standard InChI is InChI=1S/C11H13NO2/c1-7-4-8(2)11(12-9(3)14)5-10(7)6-13/h4-6H,1-3H3,(H,12,14). The molecule has 0 saturated carbocycles. The molecule has 0 saturated heterocycles. The van der Waals surface area contributed by atoms with E-state index in [1.807, 2.05) is 19.9 Å².